The van der Waals surface area contributed by atoms with Crippen molar-refractivity contribution in [2.75, 3.05) is 0 Å². The Kier molecular flexibility index (Phi) is 5.17. The molecule has 2 N–H and O–H groups in total. The van der Waals surface area contributed by atoms with Gasteiger partial charge in [0.2, 0.25) is 0 Å². The molecule has 2 aromatic rings. The van der Waals surface area contributed by atoms with Crippen LogP contribution in [0.5, 0.6) is 5.75 Å². The molecule has 0 bridgehead atoms. The van der Waals surface area contributed by atoms with E-state index < -0.39 is 0 Å². The first-order valence-corrected chi connectivity index (χ1v) is 7.26. The molecule has 0 spiro atoms. The predicted molar refractivity (Wildman–Crippen MR) is 84.8 cm³/mol. The summed E-state index contributed by atoms with van der Waals surface area (Å²) >= 11 is 18.0. The zero-order chi connectivity index (χ0) is 14.7. The van der Waals surface area contributed by atoms with Gasteiger partial charge in [-0.25, -0.2) is 0 Å². The van der Waals surface area contributed by atoms with E-state index in [1.807, 2.05) is 13.0 Å². The fraction of sp³-hybridized carbons (Fsp3) is 0.200. The molecule has 0 aromatic heterocycles. The van der Waals surface area contributed by atoms with E-state index in [0.29, 0.717) is 21.6 Å². The smallest absolute Gasteiger partial charge is 0.120 e. The summed E-state index contributed by atoms with van der Waals surface area (Å²) < 4.78 is 0. The quantitative estimate of drug-likeness (QED) is 0.807. The molecular formula is C15H14Cl3NO. The molecule has 2 aromatic carbocycles. The van der Waals surface area contributed by atoms with Crippen molar-refractivity contribution in [1.82, 2.24) is 5.32 Å². The number of aromatic hydroxyl groups is 1. The van der Waals surface area contributed by atoms with E-state index in [1.54, 1.807) is 30.3 Å². The molecule has 1 atom stereocenters. The van der Waals surface area contributed by atoms with Crippen molar-refractivity contribution < 1.29 is 5.11 Å². The Bertz CT molecular complexity index is 616. The van der Waals surface area contributed by atoms with Gasteiger partial charge in [0, 0.05) is 33.2 Å². The van der Waals surface area contributed by atoms with Crippen LogP contribution in [0, 0.1) is 0 Å². The van der Waals surface area contributed by atoms with Crippen LogP contribution >= 0.6 is 34.8 Å². The molecule has 1 unspecified atom stereocenters. The van der Waals surface area contributed by atoms with Gasteiger partial charge < -0.3 is 10.4 Å². The molecule has 5 heteroatoms. The fourth-order valence-electron chi connectivity index (χ4n) is 1.92. The highest BCUT2D eigenvalue weighted by atomic mass is 35.5. The van der Waals surface area contributed by atoms with E-state index in [9.17, 15) is 5.11 Å². The van der Waals surface area contributed by atoms with E-state index >= 15 is 0 Å². The number of benzene rings is 2. The third-order valence-electron chi connectivity index (χ3n) is 3.07. The first-order valence-electron chi connectivity index (χ1n) is 6.13. The van der Waals surface area contributed by atoms with Gasteiger partial charge in [-0.3, -0.25) is 0 Å². The first-order chi connectivity index (χ1) is 9.47. The average Bonchev–Trinajstić information content (AvgIpc) is 2.39. The topological polar surface area (TPSA) is 32.3 Å². The average molecular weight is 331 g/mol. The van der Waals surface area contributed by atoms with E-state index in [1.165, 1.54) is 0 Å². The second kappa shape index (κ2) is 6.68. The first kappa shape index (κ1) is 15.5. The Morgan fingerprint density at radius 1 is 1.05 bits per heavy atom. The van der Waals surface area contributed by atoms with Gasteiger partial charge in [0.25, 0.3) is 0 Å². The molecule has 0 saturated heterocycles. The van der Waals surface area contributed by atoms with E-state index in [-0.39, 0.29) is 11.8 Å². The third kappa shape index (κ3) is 3.80. The van der Waals surface area contributed by atoms with Crippen molar-refractivity contribution in [3.8, 4) is 5.75 Å². The number of phenolic OH excluding ortho intramolecular Hbond substituents is 1. The summed E-state index contributed by atoms with van der Waals surface area (Å²) in [5.41, 5.74) is 1.70. The maximum Gasteiger partial charge on any atom is 0.120 e. The SMILES string of the molecule is CC(NCc1cc(Cl)ccc1O)c1ccc(Cl)cc1Cl. The van der Waals surface area contributed by atoms with Crippen molar-refractivity contribution in [3.05, 3.63) is 62.6 Å². The minimum Gasteiger partial charge on any atom is -0.508 e. The van der Waals surface area contributed by atoms with Gasteiger partial charge in [-0.05, 0) is 42.8 Å². The Morgan fingerprint density at radius 2 is 1.70 bits per heavy atom. The van der Waals surface area contributed by atoms with Gasteiger partial charge >= 0.3 is 0 Å². The lowest BCUT2D eigenvalue weighted by Gasteiger charge is -2.16. The molecule has 0 amide bonds. The van der Waals surface area contributed by atoms with E-state index in [4.69, 9.17) is 34.8 Å². The van der Waals surface area contributed by atoms with Gasteiger partial charge in [0.1, 0.15) is 5.75 Å². The highest BCUT2D eigenvalue weighted by molar-refractivity contribution is 6.35. The van der Waals surface area contributed by atoms with Crippen LogP contribution in [0.1, 0.15) is 24.1 Å². The number of hydrogen-bond donors (Lipinski definition) is 2. The summed E-state index contributed by atoms with van der Waals surface area (Å²) in [6, 6.07) is 10.4. The summed E-state index contributed by atoms with van der Waals surface area (Å²) in [4.78, 5) is 0. The second-order valence-electron chi connectivity index (χ2n) is 4.54. The molecule has 0 saturated carbocycles. The second-order valence-corrected chi connectivity index (χ2v) is 5.82. The predicted octanol–water partition coefficient (Wildman–Crippen LogP) is 5.20. The van der Waals surface area contributed by atoms with Crippen LogP contribution in [0.15, 0.2) is 36.4 Å². The molecule has 2 rings (SSSR count). The highest BCUT2D eigenvalue weighted by Gasteiger charge is 2.11. The van der Waals surface area contributed by atoms with Crippen molar-refractivity contribution in [1.29, 1.82) is 0 Å². The van der Waals surface area contributed by atoms with Gasteiger partial charge in [-0.2, -0.15) is 0 Å². The Morgan fingerprint density at radius 3 is 2.40 bits per heavy atom. The minimum absolute atomic E-state index is 0.0261. The van der Waals surface area contributed by atoms with E-state index in [0.717, 1.165) is 11.1 Å². The molecule has 0 aliphatic rings. The van der Waals surface area contributed by atoms with Crippen LogP contribution in [0.4, 0.5) is 0 Å². The van der Waals surface area contributed by atoms with Crippen LogP contribution < -0.4 is 5.32 Å². The molecule has 0 aliphatic heterocycles. The van der Waals surface area contributed by atoms with Crippen molar-refractivity contribution in [2.24, 2.45) is 0 Å². The molecule has 0 radical (unpaired) electrons. The monoisotopic (exact) mass is 329 g/mol. The van der Waals surface area contributed by atoms with Crippen LogP contribution in [0.3, 0.4) is 0 Å². The standard InChI is InChI=1S/C15H14Cl3NO/c1-9(13-4-2-12(17)7-14(13)18)19-8-10-6-11(16)3-5-15(10)20/h2-7,9,19-20H,8H2,1H3. The Labute approximate surface area is 133 Å². The fourth-order valence-corrected chi connectivity index (χ4v) is 2.69. The number of rotatable bonds is 4. The number of hydrogen-bond acceptors (Lipinski definition) is 2. The summed E-state index contributed by atoms with van der Waals surface area (Å²) in [5, 5.41) is 14.9. The molecule has 20 heavy (non-hydrogen) atoms. The lowest BCUT2D eigenvalue weighted by atomic mass is 10.1. The molecule has 0 aliphatic carbocycles. The summed E-state index contributed by atoms with van der Waals surface area (Å²) in [7, 11) is 0. The van der Waals surface area contributed by atoms with E-state index in [2.05, 4.69) is 5.32 Å². The molecule has 2 nitrogen and oxygen atoms in total. The summed E-state index contributed by atoms with van der Waals surface area (Å²) in [6.45, 7) is 2.49. The number of halogens is 3. The van der Waals surface area contributed by atoms with Crippen LogP contribution in [0.25, 0.3) is 0 Å². The highest BCUT2D eigenvalue weighted by Crippen LogP contribution is 2.27. The van der Waals surface area contributed by atoms with Crippen LogP contribution in [-0.4, -0.2) is 5.11 Å². The Hall–Kier alpha value is -0.930. The molecule has 0 fully saturated rings. The molecular weight excluding hydrogens is 317 g/mol. The summed E-state index contributed by atoms with van der Waals surface area (Å²) in [6.07, 6.45) is 0. The van der Waals surface area contributed by atoms with Crippen LogP contribution in [-0.2, 0) is 6.54 Å². The molecule has 0 heterocycles. The normalized spacial score (nSPS) is 12.4. The minimum atomic E-state index is 0.0261. The number of phenols is 1. The van der Waals surface area contributed by atoms with Gasteiger partial charge in [-0.15, -0.1) is 0 Å². The molecule has 106 valence electrons. The van der Waals surface area contributed by atoms with Crippen molar-refractivity contribution >= 4 is 34.8 Å². The lowest BCUT2D eigenvalue weighted by Crippen LogP contribution is -2.18. The van der Waals surface area contributed by atoms with Crippen molar-refractivity contribution in [2.45, 2.75) is 19.5 Å². The van der Waals surface area contributed by atoms with Crippen molar-refractivity contribution in [3.63, 3.8) is 0 Å². The Balaban J connectivity index is 2.08. The largest absolute Gasteiger partial charge is 0.508 e. The van der Waals surface area contributed by atoms with Gasteiger partial charge in [-0.1, -0.05) is 40.9 Å². The lowest BCUT2D eigenvalue weighted by molar-refractivity contribution is 0.460. The number of nitrogens with one attached hydrogen (secondary N) is 1. The van der Waals surface area contributed by atoms with Gasteiger partial charge in [0.05, 0.1) is 0 Å². The van der Waals surface area contributed by atoms with Crippen LogP contribution in [0.2, 0.25) is 15.1 Å². The summed E-state index contributed by atoms with van der Waals surface area (Å²) in [5.74, 6) is 0.219. The zero-order valence-electron chi connectivity index (χ0n) is 10.8. The third-order valence-corrected chi connectivity index (χ3v) is 3.87. The zero-order valence-corrected chi connectivity index (χ0v) is 13.1. The maximum atomic E-state index is 9.77. The maximum absolute atomic E-state index is 9.77. The van der Waals surface area contributed by atoms with Gasteiger partial charge in [0.15, 0.2) is 0 Å².